The van der Waals surface area contributed by atoms with Crippen molar-refractivity contribution in [3.63, 3.8) is 0 Å². The van der Waals surface area contributed by atoms with E-state index < -0.39 is 5.76 Å². The van der Waals surface area contributed by atoms with Gasteiger partial charge in [0, 0.05) is 36.9 Å². The van der Waals surface area contributed by atoms with Crippen molar-refractivity contribution in [2.75, 3.05) is 39.4 Å². The van der Waals surface area contributed by atoms with E-state index in [0.29, 0.717) is 35.9 Å². The van der Waals surface area contributed by atoms with Crippen molar-refractivity contribution >= 4 is 28.6 Å². The summed E-state index contributed by atoms with van der Waals surface area (Å²) in [6.07, 6.45) is 7.80. The van der Waals surface area contributed by atoms with E-state index in [1.165, 1.54) is 30.3 Å². The quantitative estimate of drug-likeness (QED) is 0.647. The molecular formula is C23H32ClN3O4. The fraction of sp³-hybridized carbons (Fsp3) is 0.652. The van der Waals surface area contributed by atoms with Crippen LogP contribution in [-0.4, -0.2) is 65.7 Å². The second-order valence-corrected chi connectivity index (χ2v) is 9.04. The molecule has 0 radical (unpaired) electrons. The van der Waals surface area contributed by atoms with Crippen LogP contribution in [0.15, 0.2) is 27.4 Å². The summed E-state index contributed by atoms with van der Waals surface area (Å²) in [4.78, 5) is 30.2. The van der Waals surface area contributed by atoms with E-state index >= 15 is 0 Å². The van der Waals surface area contributed by atoms with Gasteiger partial charge in [0.2, 0.25) is 5.91 Å². The van der Waals surface area contributed by atoms with Crippen LogP contribution in [0.25, 0.3) is 11.1 Å². The van der Waals surface area contributed by atoms with E-state index in [1.54, 1.807) is 18.2 Å². The molecule has 2 fully saturated rings. The third-order valence-electron chi connectivity index (χ3n) is 6.45. The van der Waals surface area contributed by atoms with Gasteiger partial charge in [0.25, 0.3) is 0 Å². The number of rotatable bonds is 7. The lowest BCUT2D eigenvalue weighted by Crippen LogP contribution is -2.46. The molecule has 4 rings (SSSR count). The van der Waals surface area contributed by atoms with Gasteiger partial charge in [0.05, 0.1) is 5.52 Å². The summed E-state index contributed by atoms with van der Waals surface area (Å²) < 4.78 is 12.2. The van der Waals surface area contributed by atoms with Crippen LogP contribution >= 0.6 is 11.6 Å². The summed E-state index contributed by atoms with van der Waals surface area (Å²) in [6.45, 7) is 5.36. The number of benzene rings is 1. The van der Waals surface area contributed by atoms with Gasteiger partial charge in [-0.15, -0.1) is 0 Å². The molecule has 8 heteroatoms. The Balaban J connectivity index is 1.45. The van der Waals surface area contributed by atoms with Crippen LogP contribution in [0, 0.1) is 0 Å². The molecule has 7 nitrogen and oxygen atoms in total. The number of amides is 1. The zero-order chi connectivity index (χ0) is 21.6. The van der Waals surface area contributed by atoms with Gasteiger partial charge in [0.15, 0.2) is 5.58 Å². The molecule has 0 saturated carbocycles. The Kier molecular flexibility index (Phi) is 7.69. The fourth-order valence-corrected chi connectivity index (χ4v) is 4.91. The third-order valence-corrected chi connectivity index (χ3v) is 6.68. The number of ether oxygens (including phenoxy) is 1. The van der Waals surface area contributed by atoms with Crippen LogP contribution in [0.5, 0.6) is 0 Å². The van der Waals surface area contributed by atoms with Gasteiger partial charge >= 0.3 is 5.76 Å². The first-order chi connectivity index (χ1) is 15.1. The molecule has 2 aliphatic rings. The molecule has 0 spiro atoms. The molecule has 2 saturated heterocycles. The van der Waals surface area contributed by atoms with Gasteiger partial charge in [-0.2, -0.15) is 0 Å². The summed E-state index contributed by atoms with van der Waals surface area (Å²) >= 11 is 6.01. The Morgan fingerprint density at radius 2 is 1.87 bits per heavy atom. The average molecular weight is 450 g/mol. The second-order valence-electron chi connectivity index (χ2n) is 8.61. The summed E-state index contributed by atoms with van der Waals surface area (Å²) in [7, 11) is 0. The maximum absolute atomic E-state index is 13.4. The number of halogens is 1. The summed E-state index contributed by atoms with van der Waals surface area (Å²) in [6, 6.07) is 5.20. The van der Waals surface area contributed by atoms with Gasteiger partial charge in [-0.05, 0) is 63.9 Å². The lowest BCUT2D eigenvalue weighted by atomic mass is 10.1. The van der Waals surface area contributed by atoms with Crippen LogP contribution in [0.1, 0.15) is 44.9 Å². The number of aromatic nitrogens is 1. The third kappa shape index (κ3) is 5.70. The van der Waals surface area contributed by atoms with Crippen molar-refractivity contribution in [1.29, 1.82) is 0 Å². The Labute approximate surface area is 187 Å². The topological polar surface area (TPSA) is 67.9 Å². The highest BCUT2D eigenvalue weighted by Crippen LogP contribution is 2.20. The average Bonchev–Trinajstić information content (AvgIpc) is 2.93. The maximum atomic E-state index is 13.4. The minimum Gasteiger partial charge on any atom is -0.408 e. The molecule has 0 bridgehead atoms. The van der Waals surface area contributed by atoms with Gasteiger partial charge in [-0.3, -0.25) is 9.36 Å². The van der Waals surface area contributed by atoms with Crippen LogP contribution in [0.4, 0.5) is 0 Å². The number of nitrogens with zero attached hydrogens (tertiary/aromatic N) is 3. The van der Waals surface area contributed by atoms with Gasteiger partial charge in [0.1, 0.15) is 6.54 Å². The van der Waals surface area contributed by atoms with Crippen LogP contribution in [-0.2, 0) is 16.1 Å². The van der Waals surface area contributed by atoms with Crippen molar-refractivity contribution in [2.45, 2.75) is 57.5 Å². The van der Waals surface area contributed by atoms with E-state index in [-0.39, 0.29) is 18.5 Å². The molecule has 2 aromatic rings. The van der Waals surface area contributed by atoms with Crippen molar-refractivity contribution in [2.24, 2.45) is 0 Å². The zero-order valence-electron chi connectivity index (χ0n) is 18.1. The number of likely N-dealkylation sites (tertiary alicyclic amines) is 1. The Morgan fingerprint density at radius 1 is 1.13 bits per heavy atom. The van der Waals surface area contributed by atoms with Crippen molar-refractivity contribution < 1.29 is 13.9 Å². The molecule has 2 aliphatic heterocycles. The summed E-state index contributed by atoms with van der Waals surface area (Å²) in [5.41, 5.74) is 1.00. The minimum atomic E-state index is -0.526. The highest BCUT2D eigenvalue weighted by atomic mass is 35.5. The highest BCUT2D eigenvalue weighted by molar-refractivity contribution is 6.31. The van der Waals surface area contributed by atoms with Gasteiger partial charge < -0.3 is 19.0 Å². The smallest absolute Gasteiger partial charge is 0.408 e. The first kappa shape index (κ1) is 22.4. The minimum absolute atomic E-state index is 0.0193. The first-order valence-corrected chi connectivity index (χ1v) is 11.9. The molecule has 1 aromatic carbocycles. The van der Waals surface area contributed by atoms with E-state index in [9.17, 15) is 9.59 Å². The Bertz CT molecular complexity index is 927. The van der Waals surface area contributed by atoms with E-state index in [4.69, 9.17) is 20.8 Å². The number of oxazole rings is 1. The number of carbonyl (C=O) groups is 1. The summed E-state index contributed by atoms with van der Waals surface area (Å²) in [5.74, 6) is -0.565. The number of carbonyl (C=O) groups excluding carboxylic acids is 1. The van der Waals surface area contributed by atoms with Gasteiger partial charge in [-0.1, -0.05) is 24.4 Å². The maximum Gasteiger partial charge on any atom is 0.420 e. The molecule has 0 unspecified atom stereocenters. The molecule has 3 heterocycles. The predicted octanol–water partition coefficient (Wildman–Crippen LogP) is 3.52. The lowest BCUT2D eigenvalue weighted by Gasteiger charge is -2.35. The molecule has 31 heavy (non-hydrogen) atoms. The largest absolute Gasteiger partial charge is 0.420 e. The van der Waals surface area contributed by atoms with Crippen molar-refractivity contribution in [1.82, 2.24) is 14.4 Å². The number of fused-ring (bicyclic) bond motifs is 1. The molecule has 0 aliphatic carbocycles. The number of hydrogen-bond acceptors (Lipinski definition) is 5. The molecular weight excluding hydrogens is 418 g/mol. The molecule has 1 aromatic heterocycles. The Morgan fingerprint density at radius 3 is 2.61 bits per heavy atom. The lowest BCUT2D eigenvalue weighted by molar-refractivity contribution is -0.136. The van der Waals surface area contributed by atoms with Crippen LogP contribution in [0.2, 0.25) is 5.02 Å². The van der Waals surface area contributed by atoms with Crippen LogP contribution in [0.3, 0.4) is 0 Å². The molecule has 1 amide bonds. The monoisotopic (exact) mass is 449 g/mol. The molecule has 170 valence electrons. The van der Waals surface area contributed by atoms with Crippen molar-refractivity contribution in [3.8, 4) is 0 Å². The van der Waals surface area contributed by atoms with E-state index in [2.05, 4.69) is 4.90 Å². The van der Waals surface area contributed by atoms with E-state index in [0.717, 1.165) is 38.9 Å². The predicted molar refractivity (Wildman–Crippen MR) is 121 cm³/mol. The normalized spacial score (nSPS) is 18.9. The molecule has 0 N–H and O–H groups in total. The SMILES string of the molecule is O=C(Cn1c(=O)oc2cc(Cl)ccc21)N(CCCN1CCCCCC1)C1CCOCC1. The molecule has 0 atom stereocenters. The summed E-state index contributed by atoms with van der Waals surface area (Å²) in [5, 5.41) is 0.497. The highest BCUT2D eigenvalue weighted by Gasteiger charge is 2.27. The standard InChI is InChI=1S/C23H32ClN3O4/c24-18-6-7-20-21(16-18)31-23(29)27(20)17-22(28)26(19-8-14-30-15-9-19)13-5-12-25-10-3-1-2-4-11-25/h6-7,16,19H,1-5,8-15,17H2. The van der Waals surface area contributed by atoms with Crippen molar-refractivity contribution in [3.05, 3.63) is 33.8 Å². The first-order valence-electron chi connectivity index (χ1n) is 11.5. The second kappa shape index (κ2) is 10.7. The van der Waals surface area contributed by atoms with Crippen LogP contribution < -0.4 is 5.76 Å². The Hall–Kier alpha value is -1.83. The van der Waals surface area contributed by atoms with E-state index in [1.807, 2.05) is 4.90 Å². The fourth-order valence-electron chi connectivity index (χ4n) is 4.75. The number of hydrogen-bond donors (Lipinski definition) is 0. The van der Waals surface area contributed by atoms with Gasteiger partial charge in [-0.25, -0.2) is 4.79 Å². The zero-order valence-corrected chi connectivity index (χ0v) is 18.8.